The molecule has 6 heteroatoms. The van der Waals surface area contributed by atoms with E-state index >= 15 is 0 Å². The molecule has 1 fully saturated rings. The van der Waals surface area contributed by atoms with Crippen LogP contribution in [0, 0.1) is 5.92 Å². The molecule has 0 amide bonds. The molecule has 17 heavy (non-hydrogen) atoms. The van der Waals surface area contributed by atoms with E-state index < -0.39 is 9.84 Å². The van der Waals surface area contributed by atoms with Gasteiger partial charge in [0.15, 0.2) is 16.1 Å². The minimum atomic E-state index is -2.78. The Morgan fingerprint density at radius 1 is 1.24 bits per heavy atom. The second-order valence-corrected chi connectivity index (χ2v) is 7.02. The van der Waals surface area contributed by atoms with Crippen molar-refractivity contribution >= 4 is 9.84 Å². The van der Waals surface area contributed by atoms with Gasteiger partial charge in [-0.05, 0) is 0 Å². The maximum absolute atomic E-state index is 11.2. The zero-order valence-corrected chi connectivity index (χ0v) is 11.7. The van der Waals surface area contributed by atoms with Crippen molar-refractivity contribution in [3.8, 4) is 0 Å². The molecule has 5 nitrogen and oxygen atoms in total. The maximum Gasteiger partial charge on any atom is 0.159 e. The Balaban J connectivity index is 2.19. The van der Waals surface area contributed by atoms with Gasteiger partial charge in [-0.2, -0.15) is 0 Å². The van der Waals surface area contributed by atoms with Crippen LogP contribution < -0.4 is 0 Å². The lowest BCUT2D eigenvalue weighted by atomic mass is 10.2. The summed E-state index contributed by atoms with van der Waals surface area (Å²) in [5, 5.41) is 0. The molecule has 0 aromatic heterocycles. The van der Waals surface area contributed by atoms with Gasteiger partial charge in [0.05, 0.1) is 18.1 Å². The quantitative estimate of drug-likeness (QED) is 0.649. The standard InChI is InChI=1S/C11H23NO4S/c1-10(2)11(15-3)16-7-4-12-5-8-17(13,14)9-6-12/h10-11H,4-9H2,1-3H3. The summed E-state index contributed by atoms with van der Waals surface area (Å²) in [4.78, 5) is 2.12. The minimum absolute atomic E-state index is 0.177. The summed E-state index contributed by atoms with van der Waals surface area (Å²) < 4.78 is 33.3. The Hall–Kier alpha value is -0.170. The lowest BCUT2D eigenvalue weighted by Gasteiger charge is -2.27. The molecule has 1 rings (SSSR count). The summed E-state index contributed by atoms with van der Waals surface area (Å²) in [6.07, 6.45) is -0.177. The van der Waals surface area contributed by atoms with E-state index in [2.05, 4.69) is 4.90 Å². The van der Waals surface area contributed by atoms with Gasteiger partial charge in [-0.15, -0.1) is 0 Å². The molecule has 0 N–H and O–H groups in total. The molecule has 1 aliphatic rings. The number of ether oxygens (including phenoxy) is 2. The number of sulfone groups is 1. The third-order valence-corrected chi connectivity index (χ3v) is 4.51. The highest BCUT2D eigenvalue weighted by Crippen LogP contribution is 2.08. The summed E-state index contributed by atoms with van der Waals surface area (Å²) in [5.41, 5.74) is 0. The van der Waals surface area contributed by atoms with E-state index in [1.165, 1.54) is 0 Å². The number of methoxy groups -OCH3 is 1. The Labute approximate surface area is 104 Å². The Kier molecular flexibility index (Phi) is 5.85. The van der Waals surface area contributed by atoms with Gasteiger partial charge in [0.25, 0.3) is 0 Å². The molecule has 0 aromatic carbocycles. The maximum atomic E-state index is 11.2. The van der Waals surface area contributed by atoms with Gasteiger partial charge in [-0.25, -0.2) is 8.42 Å². The third-order valence-electron chi connectivity index (χ3n) is 2.90. The smallest absolute Gasteiger partial charge is 0.159 e. The summed E-state index contributed by atoms with van der Waals surface area (Å²) in [6.45, 7) is 6.66. The van der Waals surface area contributed by atoms with E-state index in [-0.39, 0.29) is 17.8 Å². The fourth-order valence-corrected chi connectivity index (χ4v) is 3.08. The average Bonchev–Trinajstić information content (AvgIpc) is 2.26. The van der Waals surface area contributed by atoms with Crippen LogP contribution in [0.3, 0.4) is 0 Å². The molecule has 102 valence electrons. The monoisotopic (exact) mass is 265 g/mol. The van der Waals surface area contributed by atoms with Gasteiger partial charge >= 0.3 is 0 Å². The summed E-state index contributed by atoms with van der Waals surface area (Å²) in [6, 6.07) is 0. The highest BCUT2D eigenvalue weighted by Gasteiger charge is 2.21. The van der Waals surface area contributed by atoms with E-state index in [9.17, 15) is 8.42 Å². The molecule has 0 aliphatic carbocycles. The van der Waals surface area contributed by atoms with Gasteiger partial charge in [-0.3, -0.25) is 4.90 Å². The highest BCUT2D eigenvalue weighted by molar-refractivity contribution is 7.91. The molecule has 1 saturated heterocycles. The summed E-state index contributed by atoms with van der Waals surface area (Å²) >= 11 is 0. The van der Waals surface area contributed by atoms with Gasteiger partial charge in [0.1, 0.15) is 0 Å². The molecule has 1 aliphatic heterocycles. The zero-order chi connectivity index (χ0) is 12.9. The molecular formula is C11H23NO4S. The van der Waals surface area contributed by atoms with Gasteiger partial charge in [-0.1, -0.05) is 13.8 Å². The number of rotatable bonds is 6. The zero-order valence-electron chi connectivity index (χ0n) is 10.9. The van der Waals surface area contributed by atoms with Crippen molar-refractivity contribution in [2.45, 2.75) is 20.1 Å². The minimum Gasteiger partial charge on any atom is -0.356 e. The number of nitrogens with zero attached hydrogens (tertiary/aromatic N) is 1. The highest BCUT2D eigenvalue weighted by atomic mass is 32.2. The molecule has 0 radical (unpaired) electrons. The van der Waals surface area contributed by atoms with Crippen LogP contribution in [-0.2, 0) is 19.3 Å². The van der Waals surface area contributed by atoms with Crippen LogP contribution in [-0.4, -0.2) is 64.5 Å². The number of hydrogen-bond donors (Lipinski definition) is 0. The topological polar surface area (TPSA) is 55.8 Å². The average molecular weight is 265 g/mol. The molecule has 0 saturated carbocycles. The predicted molar refractivity (Wildman–Crippen MR) is 66.7 cm³/mol. The van der Waals surface area contributed by atoms with Crippen molar-refractivity contribution in [2.24, 2.45) is 5.92 Å². The van der Waals surface area contributed by atoms with Gasteiger partial charge in [0.2, 0.25) is 0 Å². The lowest BCUT2D eigenvalue weighted by Crippen LogP contribution is -2.42. The van der Waals surface area contributed by atoms with Gasteiger partial charge < -0.3 is 9.47 Å². The first kappa shape index (κ1) is 14.9. The van der Waals surface area contributed by atoms with E-state index in [4.69, 9.17) is 9.47 Å². The molecule has 0 aromatic rings. The Morgan fingerprint density at radius 3 is 2.29 bits per heavy atom. The first-order valence-corrected chi connectivity index (χ1v) is 7.84. The fraction of sp³-hybridized carbons (Fsp3) is 1.00. The SMILES string of the molecule is COC(OCCN1CCS(=O)(=O)CC1)C(C)C. The van der Waals surface area contributed by atoms with Crippen LogP contribution in [0.1, 0.15) is 13.8 Å². The van der Waals surface area contributed by atoms with Crippen LogP contribution in [0.25, 0.3) is 0 Å². The first-order chi connectivity index (χ1) is 7.94. The van der Waals surface area contributed by atoms with Crippen LogP contribution >= 0.6 is 0 Å². The third kappa shape index (κ3) is 5.33. The molecule has 0 bridgehead atoms. The van der Waals surface area contributed by atoms with Crippen molar-refractivity contribution in [1.82, 2.24) is 4.90 Å². The van der Waals surface area contributed by atoms with Crippen LogP contribution in [0.4, 0.5) is 0 Å². The van der Waals surface area contributed by atoms with Crippen molar-refractivity contribution in [3.05, 3.63) is 0 Å². The van der Waals surface area contributed by atoms with Crippen LogP contribution in [0.2, 0.25) is 0 Å². The van der Waals surface area contributed by atoms with Crippen molar-refractivity contribution in [2.75, 3.05) is 44.9 Å². The van der Waals surface area contributed by atoms with Crippen molar-refractivity contribution < 1.29 is 17.9 Å². The van der Waals surface area contributed by atoms with Crippen LogP contribution in [0.5, 0.6) is 0 Å². The van der Waals surface area contributed by atoms with Crippen LogP contribution in [0.15, 0.2) is 0 Å². The Bertz CT molecular complexity index is 301. The summed E-state index contributed by atoms with van der Waals surface area (Å²) in [5.74, 6) is 0.859. The Morgan fingerprint density at radius 2 is 1.82 bits per heavy atom. The second kappa shape index (κ2) is 6.68. The lowest BCUT2D eigenvalue weighted by molar-refractivity contribution is -0.150. The van der Waals surface area contributed by atoms with Crippen molar-refractivity contribution in [1.29, 1.82) is 0 Å². The van der Waals surface area contributed by atoms with E-state index in [1.807, 2.05) is 13.8 Å². The molecule has 0 spiro atoms. The van der Waals surface area contributed by atoms with E-state index in [0.29, 0.717) is 25.6 Å². The normalized spacial score (nSPS) is 22.8. The largest absolute Gasteiger partial charge is 0.356 e. The molecule has 1 atom stereocenters. The molecular weight excluding hydrogens is 242 g/mol. The first-order valence-electron chi connectivity index (χ1n) is 6.02. The molecule has 1 unspecified atom stereocenters. The predicted octanol–water partition coefficient (Wildman–Crippen LogP) is 0.362. The molecule has 1 heterocycles. The van der Waals surface area contributed by atoms with E-state index in [0.717, 1.165) is 6.54 Å². The second-order valence-electron chi connectivity index (χ2n) is 4.71. The van der Waals surface area contributed by atoms with Gasteiger partial charge in [0, 0.05) is 32.7 Å². The fourth-order valence-electron chi connectivity index (χ4n) is 1.80. The summed E-state index contributed by atoms with van der Waals surface area (Å²) in [7, 11) is -1.15. The number of hydrogen-bond acceptors (Lipinski definition) is 5. The van der Waals surface area contributed by atoms with Crippen molar-refractivity contribution in [3.63, 3.8) is 0 Å². The van der Waals surface area contributed by atoms with E-state index in [1.54, 1.807) is 7.11 Å².